The number of amidine groups is 1. The fraction of sp³-hybridized carbons (Fsp3) is 0.223. The van der Waals surface area contributed by atoms with Gasteiger partial charge in [-0.15, -0.1) is 0 Å². The highest BCUT2D eigenvalue weighted by molar-refractivity contribution is 6.09. The van der Waals surface area contributed by atoms with Crippen LogP contribution in [-0.2, 0) is 70.6 Å². The van der Waals surface area contributed by atoms with E-state index in [2.05, 4.69) is 99.2 Å². The maximum absolute atomic E-state index is 9.60. The maximum Gasteiger partial charge on any atom is 0.221 e. The zero-order valence-corrected chi connectivity index (χ0v) is 64.1. The number of hydrogen-bond acceptors (Lipinski definition) is 16. The summed E-state index contributed by atoms with van der Waals surface area (Å²) in [5.74, 6) is 1.65. The van der Waals surface area contributed by atoms with E-state index in [9.17, 15) is 20.4 Å². The Morgan fingerprint density at radius 3 is 1.28 bits per heavy atom. The lowest BCUT2D eigenvalue weighted by molar-refractivity contribution is 0.475. The molecule has 22 heteroatoms. The number of aromatic amines is 4. The molecule has 0 amide bonds. The van der Waals surface area contributed by atoms with Crippen LogP contribution in [-0.4, -0.2) is 101 Å². The second-order valence-corrected chi connectivity index (χ2v) is 31.0. The molecule has 0 radical (unpaired) electrons. The summed E-state index contributed by atoms with van der Waals surface area (Å²) < 4.78 is 1.93. The molecule has 18 aromatic rings. The summed E-state index contributed by atoms with van der Waals surface area (Å²) in [5.41, 5.74) is 47.9. The van der Waals surface area contributed by atoms with E-state index in [4.69, 9.17) is 36.8 Å². The summed E-state index contributed by atoms with van der Waals surface area (Å²) in [6.07, 6.45) is 32.5. The van der Waals surface area contributed by atoms with Gasteiger partial charge in [-0.1, -0.05) is 24.3 Å². The number of anilines is 1. The number of phenols is 4. The van der Waals surface area contributed by atoms with Crippen molar-refractivity contribution in [2.75, 3.05) is 5.73 Å². The van der Waals surface area contributed by atoms with Crippen LogP contribution in [0.1, 0.15) is 125 Å². The SMILES string of the molecule is N=C(N)Cc1ccc(-c2nc3ccc4[nH]ncc4c3c3c2CCCC3)cc1.Nc1nc2ccc3[nH]c(-c4ccc(O)cc4)c4c(c3c2n1)CCCC4.Oc1ccc(-c2nc3ccn4nccc4c3c3c2CCCC3)cc1.Oc1ccc(-c2nc3cn[nH]c3c3c2CCCC3)cc1.Oc1ccc(-c2nc3cn[nH]c3c3c2CCCC3)cc1. The predicted octanol–water partition coefficient (Wildman–Crippen LogP) is 18.6. The summed E-state index contributed by atoms with van der Waals surface area (Å²) in [6, 6.07) is 50.0. The second kappa shape index (κ2) is 30.9. The fourth-order valence-electron chi connectivity index (χ4n) is 18.3. The van der Waals surface area contributed by atoms with Gasteiger partial charge in [-0.3, -0.25) is 20.7 Å². The van der Waals surface area contributed by atoms with Gasteiger partial charge in [-0.2, -0.15) is 20.4 Å². The lowest BCUT2D eigenvalue weighted by Crippen LogP contribution is -2.12. The number of nitrogens with two attached hydrogens (primary N) is 2. The van der Waals surface area contributed by atoms with Crippen molar-refractivity contribution < 1.29 is 20.4 Å². The van der Waals surface area contributed by atoms with Crippen LogP contribution in [0.2, 0.25) is 0 Å². The molecule has 5 aliphatic carbocycles. The summed E-state index contributed by atoms with van der Waals surface area (Å²) in [4.78, 5) is 32.0. The van der Waals surface area contributed by atoms with Crippen molar-refractivity contribution in [1.29, 1.82) is 5.41 Å². The molecule has 0 bridgehead atoms. The van der Waals surface area contributed by atoms with Crippen LogP contribution in [0.5, 0.6) is 23.0 Å². The van der Waals surface area contributed by atoms with Crippen LogP contribution >= 0.6 is 0 Å². The van der Waals surface area contributed by atoms with E-state index in [1.807, 2.05) is 83.8 Å². The number of aryl methyl sites for hydroxylation is 5. The van der Waals surface area contributed by atoms with Gasteiger partial charge in [0.25, 0.3) is 0 Å². The number of nitrogens with one attached hydrogen (secondary N) is 5. The molecule has 0 saturated heterocycles. The largest absolute Gasteiger partial charge is 0.508 e. The number of nitrogens with zero attached hydrogens (tertiary/aromatic N) is 11. The number of hydrogen-bond donors (Lipinski definition) is 11. The molecule has 0 spiro atoms. The first-order chi connectivity index (χ1) is 56.9. The van der Waals surface area contributed by atoms with Crippen molar-refractivity contribution in [3.05, 3.63) is 250 Å². The Hall–Kier alpha value is -13.9. The Labute approximate surface area is 666 Å². The zero-order valence-electron chi connectivity index (χ0n) is 64.1. The number of rotatable bonds is 7. The van der Waals surface area contributed by atoms with Crippen molar-refractivity contribution in [3.8, 4) is 79.3 Å². The number of fused-ring (bicyclic) bond motifs is 21. The molecule has 0 atom stereocenters. The molecule has 0 unspecified atom stereocenters. The number of nitrogen functional groups attached to an aromatic ring is 1. The average molecular weight is 1530 g/mol. The molecule has 7 aromatic carbocycles. The van der Waals surface area contributed by atoms with Crippen LogP contribution in [0.3, 0.4) is 0 Å². The number of phenolic OH excluding ortho intramolecular Hbond substituents is 4. The number of pyridine rings is 6. The van der Waals surface area contributed by atoms with Gasteiger partial charge in [0, 0.05) is 67.6 Å². The lowest BCUT2D eigenvalue weighted by Gasteiger charge is -2.22. The highest BCUT2D eigenvalue weighted by Gasteiger charge is 2.27. The van der Waals surface area contributed by atoms with Crippen LogP contribution in [0.4, 0.5) is 5.95 Å². The minimum atomic E-state index is 0.188. The van der Waals surface area contributed by atoms with E-state index < -0.39 is 0 Å². The Bertz CT molecular complexity index is 6650. The van der Waals surface area contributed by atoms with E-state index >= 15 is 0 Å². The van der Waals surface area contributed by atoms with E-state index in [-0.39, 0.29) is 28.8 Å². The summed E-state index contributed by atoms with van der Waals surface area (Å²) in [7, 11) is 0. The molecule has 5 aliphatic rings. The standard InChI is InChI=1S/C22H21N5.C20H18N4O.C20H17N3O.2C16H15N3O/c23-20(24)11-13-5-7-14(8-6-13)22-16-4-2-1-3-15(16)21-17-12-25-27-18(17)9-10-19(21)26-22;21-20-23-16-10-9-15-17(19(16)24-20)13-3-1-2-4-14(13)18(22-15)11-5-7-12(25)8-6-11;24-14-7-5-13(6-8-14)20-16-4-2-1-3-15(16)19-17(22-20)10-12-23-18(19)9-11-21-23;2*20-11-7-5-10(6-8-11)15-12-3-1-2-4-13(12)16-14(18-15)9-17-19-16/h5-10,12H,1-4,11H2,(H3,23,24)(H,25,27);5-10,22,25H,1-4H2,(H2,21,23);5-12,24H,1-4H2;2*5-9,20H,1-4H2,(H,17,19). The van der Waals surface area contributed by atoms with Gasteiger partial charge in [0.2, 0.25) is 5.95 Å². The Morgan fingerprint density at radius 1 is 0.371 bits per heavy atom. The smallest absolute Gasteiger partial charge is 0.221 e. The molecule has 11 aromatic heterocycles. The number of aromatic nitrogens is 15. The number of benzene rings is 7. The molecule has 23 rings (SSSR count). The molecule has 0 fully saturated rings. The van der Waals surface area contributed by atoms with Crippen molar-refractivity contribution in [1.82, 2.24) is 75.1 Å². The first-order valence-corrected chi connectivity index (χ1v) is 40.3. The molecular formula is C94H86N18O4. The van der Waals surface area contributed by atoms with Crippen molar-refractivity contribution in [3.63, 3.8) is 0 Å². The highest BCUT2D eigenvalue weighted by Crippen LogP contribution is 2.44. The van der Waals surface area contributed by atoms with Gasteiger partial charge in [0.15, 0.2) is 0 Å². The lowest BCUT2D eigenvalue weighted by atomic mass is 9.85. The van der Waals surface area contributed by atoms with E-state index in [0.29, 0.717) is 12.4 Å². The van der Waals surface area contributed by atoms with E-state index in [1.54, 1.807) is 60.9 Å². The third-order valence-corrected chi connectivity index (χ3v) is 23.7. The topological polar surface area (TPSA) is 353 Å². The summed E-state index contributed by atoms with van der Waals surface area (Å²) >= 11 is 0. The molecule has 576 valence electrons. The van der Waals surface area contributed by atoms with Crippen molar-refractivity contribution in [2.24, 2.45) is 5.73 Å². The predicted molar refractivity (Wildman–Crippen MR) is 458 cm³/mol. The first kappa shape index (κ1) is 72.4. The molecular weight excluding hydrogens is 1450 g/mol. The summed E-state index contributed by atoms with van der Waals surface area (Å²) in [5, 5.41) is 76.5. The van der Waals surface area contributed by atoms with Crippen LogP contribution in [0.25, 0.3) is 139 Å². The van der Waals surface area contributed by atoms with E-state index in [1.165, 1.54) is 136 Å². The third kappa shape index (κ3) is 13.9. The quantitative estimate of drug-likeness (QED) is 0.0522. The minimum absolute atomic E-state index is 0.188. The van der Waals surface area contributed by atoms with Gasteiger partial charge < -0.3 is 36.9 Å². The zero-order chi connectivity index (χ0) is 78.5. The first-order valence-electron chi connectivity index (χ1n) is 40.3. The van der Waals surface area contributed by atoms with Crippen molar-refractivity contribution in [2.45, 2.75) is 135 Å². The average Bonchev–Trinajstić information content (AvgIpc) is 1.26. The monoisotopic (exact) mass is 1530 g/mol. The fourth-order valence-corrected chi connectivity index (χ4v) is 18.3. The Balaban J connectivity index is 0.0000000972. The molecule has 11 heterocycles. The number of imidazole rings is 1. The maximum atomic E-state index is 9.60. The van der Waals surface area contributed by atoms with Crippen LogP contribution < -0.4 is 11.5 Å². The van der Waals surface area contributed by atoms with Gasteiger partial charge >= 0.3 is 0 Å². The summed E-state index contributed by atoms with van der Waals surface area (Å²) in [6.45, 7) is 0. The van der Waals surface area contributed by atoms with Gasteiger partial charge in [-0.25, -0.2) is 34.4 Å². The highest BCUT2D eigenvalue weighted by atomic mass is 16.3. The van der Waals surface area contributed by atoms with E-state index in [0.717, 1.165) is 192 Å². The second-order valence-electron chi connectivity index (χ2n) is 31.0. The van der Waals surface area contributed by atoms with Gasteiger partial charge in [0.05, 0.1) is 92.0 Å². The molecule has 13 N–H and O–H groups in total. The molecule has 22 nitrogen and oxygen atoms in total. The minimum Gasteiger partial charge on any atom is -0.508 e. The number of H-pyrrole nitrogens is 4. The Kier molecular flexibility index (Phi) is 19.3. The molecule has 0 saturated carbocycles. The van der Waals surface area contributed by atoms with Gasteiger partial charge in [-0.05, 0) is 329 Å². The van der Waals surface area contributed by atoms with Crippen LogP contribution in [0, 0.1) is 5.41 Å². The van der Waals surface area contributed by atoms with Crippen molar-refractivity contribution >= 4 is 94.0 Å². The third-order valence-electron chi connectivity index (χ3n) is 23.7. The Morgan fingerprint density at radius 2 is 0.776 bits per heavy atom. The van der Waals surface area contributed by atoms with Crippen LogP contribution in [0.15, 0.2) is 189 Å². The van der Waals surface area contributed by atoms with Gasteiger partial charge in [0.1, 0.15) is 39.5 Å². The number of aromatic hydroxyl groups is 4. The molecule has 0 aliphatic heterocycles. The molecule has 116 heavy (non-hydrogen) atoms. The normalized spacial score (nSPS) is 14.1.